The fourth-order valence-electron chi connectivity index (χ4n) is 0.941. The SMILES string of the molecule is [CH3][Ge]([CH3])([CH3])[C]1=CCCO1. The van der Waals surface area contributed by atoms with Crippen LogP contribution >= 0.6 is 0 Å². The summed E-state index contributed by atoms with van der Waals surface area (Å²) in [5.41, 5.74) is 0. The Morgan fingerprint density at radius 2 is 2.11 bits per heavy atom. The van der Waals surface area contributed by atoms with Gasteiger partial charge in [0.2, 0.25) is 0 Å². The number of hydrogen-bond donors (Lipinski definition) is 0. The monoisotopic (exact) mass is 188 g/mol. The average molecular weight is 187 g/mol. The van der Waals surface area contributed by atoms with E-state index in [1.54, 1.807) is 0 Å². The molecule has 0 atom stereocenters. The van der Waals surface area contributed by atoms with Crippen LogP contribution in [0.3, 0.4) is 0 Å². The van der Waals surface area contributed by atoms with Crippen molar-refractivity contribution in [2.75, 3.05) is 6.61 Å². The van der Waals surface area contributed by atoms with Gasteiger partial charge in [-0.15, -0.1) is 0 Å². The van der Waals surface area contributed by atoms with Gasteiger partial charge in [0, 0.05) is 0 Å². The van der Waals surface area contributed by atoms with Gasteiger partial charge in [-0.05, 0) is 0 Å². The number of rotatable bonds is 1. The van der Waals surface area contributed by atoms with Crippen molar-refractivity contribution in [2.45, 2.75) is 23.7 Å². The Morgan fingerprint density at radius 3 is 2.33 bits per heavy atom. The fraction of sp³-hybridized carbons (Fsp3) is 0.714. The summed E-state index contributed by atoms with van der Waals surface area (Å²) < 4.78 is 6.80. The van der Waals surface area contributed by atoms with Gasteiger partial charge in [-0.2, -0.15) is 0 Å². The molecule has 0 saturated heterocycles. The third-order valence-electron chi connectivity index (χ3n) is 1.44. The molecule has 1 rings (SSSR count). The first-order chi connectivity index (χ1) is 4.11. The molecule has 1 aliphatic heterocycles. The molecule has 0 aromatic carbocycles. The van der Waals surface area contributed by atoms with E-state index in [0.717, 1.165) is 13.0 Å². The van der Waals surface area contributed by atoms with Gasteiger partial charge < -0.3 is 0 Å². The molecule has 0 unspecified atom stereocenters. The summed E-state index contributed by atoms with van der Waals surface area (Å²) in [5.74, 6) is 7.07. The zero-order chi connectivity index (χ0) is 6.91. The van der Waals surface area contributed by atoms with E-state index in [0.29, 0.717) is 0 Å². The van der Waals surface area contributed by atoms with Gasteiger partial charge in [-0.3, -0.25) is 0 Å². The van der Waals surface area contributed by atoms with Gasteiger partial charge >= 0.3 is 59.0 Å². The molecule has 52 valence electrons. The van der Waals surface area contributed by atoms with Crippen molar-refractivity contribution in [3.05, 3.63) is 10.7 Å². The van der Waals surface area contributed by atoms with E-state index in [2.05, 4.69) is 23.3 Å². The van der Waals surface area contributed by atoms with Crippen molar-refractivity contribution in [1.82, 2.24) is 0 Å². The van der Waals surface area contributed by atoms with E-state index in [1.165, 1.54) is 4.59 Å². The van der Waals surface area contributed by atoms with Crippen LogP contribution in [-0.2, 0) is 4.74 Å². The van der Waals surface area contributed by atoms with Crippen LogP contribution in [0, 0.1) is 0 Å². The predicted molar refractivity (Wildman–Crippen MR) is 42.0 cm³/mol. The molecule has 0 aliphatic carbocycles. The zero-order valence-corrected chi connectivity index (χ0v) is 8.50. The first kappa shape index (κ1) is 7.19. The third kappa shape index (κ3) is 1.75. The van der Waals surface area contributed by atoms with Crippen LogP contribution in [0.2, 0.25) is 17.3 Å². The summed E-state index contributed by atoms with van der Waals surface area (Å²) in [7, 11) is 0. The van der Waals surface area contributed by atoms with Gasteiger partial charge in [0.1, 0.15) is 0 Å². The molecule has 9 heavy (non-hydrogen) atoms. The van der Waals surface area contributed by atoms with E-state index in [-0.39, 0.29) is 0 Å². The van der Waals surface area contributed by atoms with E-state index in [4.69, 9.17) is 4.74 Å². The summed E-state index contributed by atoms with van der Waals surface area (Å²) in [6, 6.07) is 0. The van der Waals surface area contributed by atoms with Gasteiger partial charge in [-0.1, -0.05) is 0 Å². The molecule has 0 aromatic heterocycles. The molecular weight excluding hydrogens is 173 g/mol. The summed E-state index contributed by atoms with van der Waals surface area (Å²) in [4.78, 5) is 0. The van der Waals surface area contributed by atoms with Crippen molar-refractivity contribution < 1.29 is 4.74 Å². The third-order valence-corrected chi connectivity index (χ3v) is 5.28. The second kappa shape index (κ2) is 2.37. The Bertz CT molecular complexity index is 132. The molecule has 2 heteroatoms. The Morgan fingerprint density at radius 1 is 1.44 bits per heavy atom. The Hall–Kier alpha value is 0.0829. The van der Waals surface area contributed by atoms with E-state index in [9.17, 15) is 0 Å². The first-order valence-corrected chi connectivity index (χ1v) is 10.8. The molecule has 1 nitrogen and oxygen atoms in total. The van der Waals surface area contributed by atoms with Crippen LogP contribution in [0.25, 0.3) is 0 Å². The second-order valence-corrected chi connectivity index (χ2v) is 13.9. The van der Waals surface area contributed by atoms with Crippen LogP contribution in [0.4, 0.5) is 0 Å². The molecule has 0 N–H and O–H groups in total. The van der Waals surface area contributed by atoms with E-state index in [1.807, 2.05) is 0 Å². The molecule has 0 bridgehead atoms. The normalized spacial score (nSPS) is 19.2. The van der Waals surface area contributed by atoms with E-state index < -0.39 is 13.3 Å². The quantitative estimate of drug-likeness (QED) is 0.571. The van der Waals surface area contributed by atoms with Crippen molar-refractivity contribution in [2.24, 2.45) is 0 Å². The summed E-state index contributed by atoms with van der Waals surface area (Å²) in [6.07, 6.45) is 3.40. The topological polar surface area (TPSA) is 9.23 Å². The van der Waals surface area contributed by atoms with Crippen LogP contribution in [0.15, 0.2) is 10.7 Å². The maximum atomic E-state index is 5.46. The van der Waals surface area contributed by atoms with Gasteiger partial charge in [-0.25, -0.2) is 0 Å². The molecule has 0 fully saturated rings. The van der Waals surface area contributed by atoms with Gasteiger partial charge in [0.05, 0.1) is 0 Å². The minimum atomic E-state index is -1.54. The molecule has 0 amide bonds. The second-order valence-electron chi connectivity index (χ2n) is 3.46. The summed E-state index contributed by atoms with van der Waals surface area (Å²) >= 11 is -1.54. The molecule has 0 aromatic rings. The van der Waals surface area contributed by atoms with Crippen LogP contribution in [0.5, 0.6) is 0 Å². The summed E-state index contributed by atoms with van der Waals surface area (Å²) in [6.45, 7) is 0.928. The van der Waals surface area contributed by atoms with Crippen LogP contribution in [-0.4, -0.2) is 19.9 Å². The standard InChI is InChI=1S/C7H14GeO/c1-8(2,3)7-5-4-6-9-7/h5H,4,6H2,1-3H3. The molecule has 0 spiro atoms. The Balaban J connectivity index is 2.61. The van der Waals surface area contributed by atoms with Crippen LogP contribution in [0.1, 0.15) is 6.42 Å². The predicted octanol–water partition coefficient (Wildman–Crippen LogP) is 2.17. The first-order valence-electron chi connectivity index (χ1n) is 3.44. The number of hydrogen-bond acceptors (Lipinski definition) is 1. The molecule has 1 heterocycles. The zero-order valence-electron chi connectivity index (χ0n) is 6.40. The van der Waals surface area contributed by atoms with Crippen molar-refractivity contribution >= 4 is 13.3 Å². The van der Waals surface area contributed by atoms with Crippen LogP contribution < -0.4 is 0 Å². The molecular formula is C7H14GeO. The maximum absolute atomic E-state index is 5.46. The van der Waals surface area contributed by atoms with Gasteiger partial charge in [0.15, 0.2) is 0 Å². The van der Waals surface area contributed by atoms with Crippen molar-refractivity contribution in [1.29, 1.82) is 0 Å². The molecule has 0 radical (unpaired) electrons. The summed E-state index contributed by atoms with van der Waals surface area (Å²) in [5, 5.41) is 0. The van der Waals surface area contributed by atoms with Crippen molar-refractivity contribution in [3.8, 4) is 0 Å². The van der Waals surface area contributed by atoms with Gasteiger partial charge in [0.25, 0.3) is 0 Å². The average Bonchev–Trinajstić information content (AvgIpc) is 2.08. The van der Waals surface area contributed by atoms with Crippen molar-refractivity contribution in [3.63, 3.8) is 0 Å². The van der Waals surface area contributed by atoms with E-state index >= 15 is 0 Å². The number of ether oxygens (including phenoxy) is 1. The Kier molecular flexibility index (Phi) is 1.89. The fourth-order valence-corrected chi connectivity index (χ4v) is 3.65. The molecule has 1 aliphatic rings. The molecule has 0 saturated carbocycles. The Labute approximate surface area is 59.4 Å². The minimum absolute atomic E-state index is 0.928.